The second kappa shape index (κ2) is 15.8. The Balaban J connectivity index is 3.06. The van der Waals surface area contributed by atoms with Gasteiger partial charge < -0.3 is 19.3 Å². The van der Waals surface area contributed by atoms with Crippen LogP contribution in [0.25, 0.3) is 0 Å². The van der Waals surface area contributed by atoms with Crippen LogP contribution in [0.3, 0.4) is 0 Å². The molecule has 0 aliphatic carbocycles. The summed E-state index contributed by atoms with van der Waals surface area (Å²) < 4.78 is 16.6. The molecule has 0 bridgehead atoms. The highest BCUT2D eigenvalue weighted by atomic mass is 16.5. The van der Waals surface area contributed by atoms with Crippen molar-refractivity contribution in [1.82, 2.24) is 0 Å². The molecule has 1 rings (SSSR count). The first-order chi connectivity index (χ1) is 17.0. The van der Waals surface area contributed by atoms with Crippen LogP contribution < -0.4 is 4.74 Å². The number of benzene rings is 1. The average molecular weight is 507 g/mol. The van der Waals surface area contributed by atoms with Crippen molar-refractivity contribution in [2.75, 3.05) is 19.8 Å². The lowest BCUT2D eigenvalue weighted by Gasteiger charge is -2.32. The molecule has 1 N–H and O–H groups in total. The minimum absolute atomic E-state index is 0.161. The fraction of sp³-hybridized carbons (Fsp3) is 0.733. The Morgan fingerprint density at radius 1 is 0.722 bits per heavy atom. The topological polar surface area (TPSA) is 82.1 Å². The number of hydrogen-bond acceptors (Lipinski definition) is 6. The Labute approximate surface area is 219 Å². The molecule has 0 saturated heterocycles. The van der Waals surface area contributed by atoms with Crippen LogP contribution in [-0.4, -0.2) is 36.9 Å². The maximum absolute atomic E-state index is 11.9. The quantitative estimate of drug-likeness (QED) is 0.165. The van der Waals surface area contributed by atoms with Crippen LogP contribution in [0.4, 0.5) is 0 Å². The molecule has 0 aliphatic rings. The summed E-state index contributed by atoms with van der Waals surface area (Å²) in [4.78, 5) is 23.8. The van der Waals surface area contributed by atoms with Gasteiger partial charge in [-0.15, -0.1) is 0 Å². The Morgan fingerprint density at radius 2 is 1.22 bits per heavy atom. The molecular weight excluding hydrogens is 456 g/mol. The Morgan fingerprint density at radius 3 is 1.69 bits per heavy atom. The van der Waals surface area contributed by atoms with Crippen molar-refractivity contribution in [3.05, 3.63) is 23.3 Å². The summed E-state index contributed by atoms with van der Waals surface area (Å²) in [5.41, 5.74) is 1.12. The van der Waals surface area contributed by atoms with E-state index in [4.69, 9.17) is 14.2 Å². The van der Waals surface area contributed by atoms with Crippen molar-refractivity contribution in [3.63, 3.8) is 0 Å². The van der Waals surface area contributed by atoms with E-state index in [1.54, 1.807) is 0 Å². The molecule has 1 aromatic rings. The number of hydrogen-bond donors (Lipinski definition) is 1. The summed E-state index contributed by atoms with van der Waals surface area (Å²) in [7, 11) is 0. The van der Waals surface area contributed by atoms with E-state index in [2.05, 4.69) is 34.6 Å². The van der Waals surface area contributed by atoms with E-state index in [9.17, 15) is 14.7 Å². The first-order valence-corrected chi connectivity index (χ1v) is 13.8. The molecule has 0 amide bonds. The third kappa shape index (κ3) is 10.8. The minimum Gasteiger partial charge on any atom is -0.508 e. The van der Waals surface area contributed by atoms with Gasteiger partial charge in [-0.3, -0.25) is 9.59 Å². The second-order valence-corrected chi connectivity index (χ2v) is 11.0. The highest BCUT2D eigenvalue weighted by molar-refractivity contribution is 5.69. The first-order valence-electron chi connectivity index (χ1n) is 13.8. The van der Waals surface area contributed by atoms with E-state index in [1.807, 2.05) is 26.0 Å². The van der Waals surface area contributed by atoms with Crippen molar-refractivity contribution in [2.45, 2.75) is 124 Å². The van der Waals surface area contributed by atoms with E-state index in [-0.39, 0.29) is 28.5 Å². The second-order valence-electron chi connectivity index (χ2n) is 11.0. The summed E-state index contributed by atoms with van der Waals surface area (Å²) in [6.07, 6.45) is 7.25. The minimum atomic E-state index is -0.344. The molecule has 6 nitrogen and oxygen atoms in total. The van der Waals surface area contributed by atoms with Crippen LogP contribution in [-0.2, 0) is 29.9 Å². The van der Waals surface area contributed by atoms with Gasteiger partial charge in [-0.2, -0.15) is 0 Å². The Kier molecular flexibility index (Phi) is 13.9. The molecule has 206 valence electrons. The zero-order chi connectivity index (χ0) is 27.2. The zero-order valence-electron chi connectivity index (χ0n) is 23.8. The van der Waals surface area contributed by atoms with Gasteiger partial charge in [0.15, 0.2) is 0 Å². The molecule has 0 atom stereocenters. The number of phenolic OH excluding ortho intramolecular Hbond substituents is 1. The van der Waals surface area contributed by atoms with Gasteiger partial charge in [0, 0.05) is 24.0 Å². The Bertz CT molecular complexity index is 812. The highest BCUT2D eigenvalue weighted by Gasteiger charge is 2.31. The van der Waals surface area contributed by atoms with E-state index < -0.39 is 0 Å². The van der Waals surface area contributed by atoms with Crippen molar-refractivity contribution in [2.24, 2.45) is 0 Å². The first kappa shape index (κ1) is 31.8. The molecule has 0 heterocycles. The monoisotopic (exact) mass is 506 g/mol. The SMILES string of the molecule is CCCCOc1cc(C(C)(C)CCCC(=O)OCCC)c(O)cc1C(C)(C)CCCC(=O)OCCC. The summed E-state index contributed by atoms with van der Waals surface area (Å²) in [5.74, 6) is 0.689. The van der Waals surface area contributed by atoms with Crippen LogP contribution in [0.15, 0.2) is 12.1 Å². The molecule has 0 fully saturated rings. The van der Waals surface area contributed by atoms with Crippen molar-refractivity contribution >= 4 is 11.9 Å². The summed E-state index contributed by atoms with van der Waals surface area (Å²) in [6, 6.07) is 3.82. The molecule has 0 saturated carbocycles. The van der Waals surface area contributed by atoms with Crippen LogP contribution in [0.5, 0.6) is 11.5 Å². The molecule has 0 spiro atoms. The van der Waals surface area contributed by atoms with Crippen LogP contribution in [0, 0.1) is 0 Å². The van der Waals surface area contributed by atoms with Crippen LogP contribution in [0.1, 0.15) is 124 Å². The Hall–Kier alpha value is -2.24. The fourth-order valence-corrected chi connectivity index (χ4v) is 4.28. The maximum Gasteiger partial charge on any atom is 0.305 e. The lowest BCUT2D eigenvalue weighted by molar-refractivity contribution is -0.144. The lowest BCUT2D eigenvalue weighted by atomic mass is 9.75. The summed E-state index contributed by atoms with van der Waals surface area (Å²) >= 11 is 0. The van der Waals surface area contributed by atoms with Crippen LogP contribution in [0.2, 0.25) is 0 Å². The number of unbranched alkanes of at least 4 members (excludes halogenated alkanes) is 1. The number of rotatable bonds is 18. The van der Waals surface area contributed by atoms with E-state index in [0.29, 0.717) is 45.5 Å². The number of ether oxygens (including phenoxy) is 3. The van der Waals surface area contributed by atoms with Gasteiger partial charge in [0.2, 0.25) is 0 Å². The van der Waals surface area contributed by atoms with Crippen molar-refractivity contribution < 1.29 is 28.9 Å². The zero-order valence-corrected chi connectivity index (χ0v) is 23.8. The third-order valence-electron chi connectivity index (χ3n) is 6.61. The normalized spacial score (nSPS) is 11.9. The number of carbonyl (C=O) groups is 2. The highest BCUT2D eigenvalue weighted by Crippen LogP contribution is 2.44. The molecule has 0 aromatic heterocycles. The van der Waals surface area contributed by atoms with E-state index in [0.717, 1.165) is 55.4 Å². The van der Waals surface area contributed by atoms with Gasteiger partial charge >= 0.3 is 11.9 Å². The standard InChI is InChI=1S/C30H50O6/c1-8-11-20-34-26-22-23(29(4,5)16-12-14-27(32)35-18-9-2)25(31)21-24(26)30(6,7)17-13-15-28(33)36-19-10-3/h21-22,31H,8-20H2,1-7H3. The summed E-state index contributed by atoms with van der Waals surface area (Å²) in [5, 5.41) is 11.1. The van der Waals surface area contributed by atoms with Gasteiger partial charge in [-0.25, -0.2) is 0 Å². The molecule has 0 unspecified atom stereocenters. The number of phenols is 1. The average Bonchev–Trinajstić information content (AvgIpc) is 2.81. The van der Waals surface area contributed by atoms with Crippen molar-refractivity contribution in [3.8, 4) is 11.5 Å². The van der Waals surface area contributed by atoms with Crippen molar-refractivity contribution in [1.29, 1.82) is 0 Å². The third-order valence-corrected chi connectivity index (χ3v) is 6.61. The maximum atomic E-state index is 11.9. The van der Waals surface area contributed by atoms with Gasteiger partial charge in [0.05, 0.1) is 19.8 Å². The lowest BCUT2D eigenvalue weighted by Crippen LogP contribution is -2.22. The number of aromatic hydroxyl groups is 1. The molecule has 0 radical (unpaired) electrons. The largest absolute Gasteiger partial charge is 0.508 e. The number of esters is 2. The molecule has 0 aliphatic heterocycles. The molecule has 6 heteroatoms. The number of carbonyl (C=O) groups excluding carboxylic acids is 2. The molecular formula is C30H50O6. The smallest absolute Gasteiger partial charge is 0.305 e. The summed E-state index contributed by atoms with van der Waals surface area (Å²) in [6.45, 7) is 16.0. The molecule has 36 heavy (non-hydrogen) atoms. The predicted molar refractivity (Wildman–Crippen MR) is 145 cm³/mol. The van der Waals surface area contributed by atoms with E-state index >= 15 is 0 Å². The van der Waals surface area contributed by atoms with Crippen LogP contribution >= 0.6 is 0 Å². The fourth-order valence-electron chi connectivity index (χ4n) is 4.28. The van der Waals surface area contributed by atoms with Gasteiger partial charge in [-0.05, 0) is 67.9 Å². The van der Waals surface area contributed by atoms with Gasteiger partial charge in [0.1, 0.15) is 11.5 Å². The van der Waals surface area contributed by atoms with E-state index in [1.165, 1.54) is 0 Å². The van der Waals surface area contributed by atoms with Gasteiger partial charge in [-0.1, -0.05) is 54.9 Å². The van der Waals surface area contributed by atoms with Gasteiger partial charge in [0.25, 0.3) is 0 Å². The predicted octanol–water partition coefficient (Wildman–Crippen LogP) is 7.37. The molecule has 1 aromatic carbocycles.